The molecule has 0 fully saturated rings. The summed E-state index contributed by atoms with van der Waals surface area (Å²) in [5, 5.41) is 0. The molecule has 3 nitrogen and oxygen atoms in total. The van der Waals surface area contributed by atoms with Crippen LogP contribution in [0.5, 0.6) is 0 Å². The molecule has 0 N–H and O–H groups in total. The largest absolute Gasteiger partial charge is 0.302 e. The molecule has 0 radical (unpaired) electrons. The standard InChI is InChI=1S/C43H33N3/c1-43(2)36-25-32-20-12-13-21-34(32)41(36)46(39-26-33-23-22-31(24-35(33)40(39)43)28-14-6-3-7-15-28)42-44-37(29-16-8-4-9-17-29)27-38(45-42)30-18-10-5-11-19-30/h3-25,27,41H,26H2,1-2H3. The van der Waals surface area contributed by atoms with E-state index in [1.54, 1.807) is 0 Å². The maximum absolute atomic E-state index is 5.38. The Hall–Kier alpha value is -5.54. The summed E-state index contributed by atoms with van der Waals surface area (Å²) in [4.78, 5) is 13.2. The molecule has 1 unspecified atom stereocenters. The minimum atomic E-state index is -0.185. The van der Waals surface area contributed by atoms with Gasteiger partial charge in [-0.25, -0.2) is 9.97 Å². The molecule has 1 atom stereocenters. The van der Waals surface area contributed by atoms with E-state index < -0.39 is 0 Å². The lowest BCUT2D eigenvalue weighted by atomic mass is 9.69. The van der Waals surface area contributed by atoms with Gasteiger partial charge in [-0.05, 0) is 56.7 Å². The molecule has 1 aliphatic heterocycles. The van der Waals surface area contributed by atoms with Crippen molar-refractivity contribution < 1.29 is 0 Å². The van der Waals surface area contributed by atoms with E-state index in [0.29, 0.717) is 0 Å². The topological polar surface area (TPSA) is 29.0 Å². The first-order valence-electron chi connectivity index (χ1n) is 16.1. The van der Waals surface area contributed by atoms with Crippen LogP contribution in [-0.2, 0) is 6.42 Å². The van der Waals surface area contributed by atoms with Crippen molar-refractivity contribution in [3.63, 3.8) is 0 Å². The van der Waals surface area contributed by atoms with Crippen molar-refractivity contribution in [3.05, 3.63) is 173 Å². The second kappa shape index (κ2) is 10.3. The number of nitrogens with zero attached hydrogens (tertiary/aromatic N) is 3. The third kappa shape index (κ3) is 4.12. The van der Waals surface area contributed by atoms with Gasteiger partial charge >= 0.3 is 0 Å². The number of hydrogen-bond donors (Lipinski definition) is 0. The highest BCUT2D eigenvalue weighted by atomic mass is 15.3. The van der Waals surface area contributed by atoms with E-state index in [-0.39, 0.29) is 11.5 Å². The van der Waals surface area contributed by atoms with Crippen LogP contribution in [0.2, 0.25) is 0 Å². The summed E-state index contributed by atoms with van der Waals surface area (Å²) >= 11 is 0. The zero-order valence-electron chi connectivity index (χ0n) is 26.0. The molecule has 46 heavy (non-hydrogen) atoms. The van der Waals surface area contributed by atoms with Gasteiger partial charge in [0.15, 0.2) is 0 Å². The van der Waals surface area contributed by atoms with Crippen LogP contribution in [0.4, 0.5) is 5.95 Å². The molecule has 0 saturated carbocycles. The Bertz CT molecular complexity index is 2140. The van der Waals surface area contributed by atoms with Gasteiger partial charge in [-0.1, -0.05) is 147 Å². The van der Waals surface area contributed by atoms with Crippen molar-refractivity contribution in [3.8, 4) is 33.6 Å². The molecule has 5 aromatic carbocycles. The van der Waals surface area contributed by atoms with Crippen molar-refractivity contribution in [2.75, 3.05) is 4.90 Å². The Morgan fingerprint density at radius 3 is 1.85 bits per heavy atom. The lowest BCUT2D eigenvalue weighted by molar-refractivity contribution is 0.517. The highest BCUT2D eigenvalue weighted by Crippen LogP contribution is 2.61. The summed E-state index contributed by atoms with van der Waals surface area (Å²) in [6, 6.07) is 49.7. The number of hydrogen-bond acceptors (Lipinski definition) is 3. The second-order valence-electron chi connectivity index (χ2n) is 13.0. The molecule has 6 aromatic rings. The summed E-state index contributed by atoms with van der Waals surface area (Å²) < 4.78 is 0. The fraction of sp³-hybridized carbons (Fsp3) is 0.116. The van der Waals surface area contributed by atoms with Crippen molar-refractivity contribution in [1.29, 1.82) is 0 Å². The highest BCUT2D eigenvalue weighted by molar-refractivity contribution is 5.92. The molecule has 0 bridgehead atoms. The first kappa shape index (κ1) is 26.8. The molecule has 0 saturated heterocycles. The Balaban J connectivity index is 1.31. The van der Waals surface area contributed by atoms with Crippen LogP contribution in [0.1, 0.15) is 42.1 Å². The van der Waals surface area contributed by atoms with Crippen molar-refractivity contribution in [2.45, 2.75) is 26.3 Å². The lowest BCUT2D eigenvalue weighted by Gasteiger charge is -2.45. The van der Waals surface area contributed by atoms with Gasteiger partial charge in [-0.3, -0.25) is 0 Å². The smallest absolute Gasteiger partial charge is 0.231 e. The Morgan fingerprint density at radius 2 is 1.20 bits per heavy atom. The predicted octanol–water partition coefficient (Wildman–Crippen LogP) is 10.4. The van der Waals surface area contributed by atoms with E-state index >= 15 is 0 Å². The van der Waals surface area contributed by atoms with Crippen molar-refractivity contribution in [1.82, 2.24) is 9.97 Å². The molecule has 220 valence electrons. The molecular weight excluding hydrogens is 558 g/mol. The number of rotatable bonds is 4. The predicted molar refractivity (Wildman–Crippen MR) is 189 cm³/mol. The quantitative estimate of drug-likeness (QED) is 0.204. The molecular formula is C43H33N3. The SMILES string of the molecule is CC1(C)C2=Cc3ccccc3C2N(c2nc(-c3ccccc3)cc(-c3ccccc3)n2)C2=C1c1cc(-c3ccccc3)ccc1C2. The molecule has 9 rings (SSSR count). The fourth-order valence-corrected chi connectivity index (χ4v) is 7.80. The minimum Gasteiger partial charge on any atom is -0.302 e. The Morgan fingerprint density at radius 1 is 0.609 bits per heavy atom. The van der Waals surface area contributed by atoms with Gasteiger partial charge in [-0.15, -0.1) is 0 Å². The molecule has 0 amide bonds. The van der Waals surface area contributed by atoms with E-state index in [9.17, 15) is 0 Å². The van der Waals surface area contributed by atoms with Gasteiger partial charge in [0.1, 0.15) is 0 Å². The summed E-state index contributed by atoms with van der Waals surface area (Å²) in [6.45, 7) is 4.82. The van der Waals surface area contributed by atoms with E-state index in [2.05, 4.69) is 164 Å². The van der Waals surface area contributed by atoms with Gasteiger partial charge in [0, 0.05) is 28.7 Å². The fourth-order valence-electron chi connectivity index (χ4n) is 7.80. The van der Waals surface area contributed by atoms with Crippen LogP contribution in [0.25, 0.3) is 45.3 Å². The normalized spacial score (nSPS) is 17.2. The molecule has 0 spiro atoms. The number of allylic oxidation sites excluding steroid dienone is 2. The van der Waals surface area contributed by atoms with Gasteiger partial charge in [0.25, 0.3) is 0 Å². The summed E-state index contributed by atoms with van der Waals surface area (Å²) in [7, 11) is 0. The number of fused-ring (bicyclic) bond motifs is 5. The molecule has 2 heterocycles. The second-order valence-corrected chi connectivity index (χ2v) is 13.0. The maximum atomic E-state index is 5.38. The summed E-state index contributed by atoms with van der Waals surface area (Å²) in [5.74, 6) is 0.742. The number of aromatic nitrogens is 2. The number of anilines is 1. The minimum absolute atomic E-state index is 0.0162. The Kier molecular flexibility index (Phi) is 5.98. The van der Waals surface area contributed by atoms with Crippen LogP contribution in [-0.4, -0.2) is 9.97 Å². The zero-order chi connectivity index (χ0) is 30.8. The van der Waals surface area contributed by atoms with E-state index in [1.165, 1.54) is 50.2 Å². The molecule has 3 heteroatoms. The van der Waals surface area contributed by atoms with E-state index in [0.717, 1.165) is 34.9 Å². The van der Waals surface area contributed by atoms with Gasteiger partial charge in [0.05, 0.1) is 17.4 Å². The lowest BCUT2D eigenvalue weighted by Crippen LogP contribution is -2.39. The van der Waals surface area contributed by atoms with Crippen LogP contribution in [0.15, 0.2) is 151 Å². The molecule has 1 aromatic heterocycles. The van der Waals surface area contributed by atoms with E-state index in [4.69, 9.17) is 9.97 Å². The number of benzene rings is 5. The zero-order valence-corrected chi connectivity index (χ0v) is 26.0. The van der Waals surface area contributed by atoms with Crippen LogP contribution in [0, 0.1) is 5.41 Å². The third-order valence-electron chi connectivity index (χ3n) is 9.99. The highest BCUT2D eigenvalue weighted by Gasteiger charge is 2.50. The van der Waals surface area contributed by atoms with E-state index in [1.807, 2.05) is 0 Å². The third-order valence-corrected chi connectivity index (χ3v) is 9.99. The van der Waals surface area contributed by atoms with Crippen molar-refractivity contribution >= 4 is 17.6 Å². The average Bonchev–Trinajstić information content (AvgIpc) is 3.70. The van der Waals surface area contributed by atoms with Crippen LogP contribution < -0.4 is 4.90 Å². The van der Waals surface area contributed by atoms with Crippen LogP contribution in [0.3, 0.4) is 0 Å². The van der Waals surface area contributed by atoms with Crippen LogP contribution >= 0.6 is 0 Å². The summed E-state index contributed by atoms with van der Waals surface area (Å²) in [6.07, 6.45) is 3.27. The van der Waals surface area contributed by atoms with Gasteiger partial charge < -0.3 is 4.90 Å². The maximum Gasteiger partial charge on any atom is 0.231 e. The Labute approximate surface area is 270 Å². The molecule has 2 aliphatic carbocycles. The first-order chi connectivity index (χ1) is 22.6. The van der Waals surface area contributed by atoms with Gasteiger partial charge in [0.2, 0.25) is 5.95 Å². The monoisotopic (exact) mass is 591 g/mol. The molecule has 3 aliphatic rings. The average molecular weight is 592 g/mol. The first-order valence-corrected chi connectivity index (χ1v) is 16.1. The summed E-state index contributed by atoms with van der Waals surface area (Å²) in [5.41, 5.74) is 15.7. The van der Waals surface area contributed by atoms with Gasteiger partial charge in [-0.2, -0.15) is 0 Å². The van der Waals surface area contributed by atoms with Crippen molar-refractivity contribution in [2.24, 2.45) is 5.41 Å².